The number of halogens is 1. The predicted octanol–water partition coefficient (Wildman–Crippen LogP) is 5.20. The van der Waals surface area contributed by atoms with Gasteiger partial charge in [-0.2, -0.15) is 0 Å². The molecule has 0 saturated heterocycles. The van der Waals surface area contributed by atoms with Crippen molar-refractivity contribution in [3.05, 3.63) is 92.7 Å². The van der Waals surface area contributed by atoms with E-state index in [1.54, 1.807) is 0 Å². The number of dihydropyridines is 1. The van der Waals surface area contributed by atoms with Gasteiger partial charge in [-0.1, -0.05) is 58.4 Å². The predicted molar refractivity (Wildman–Crippen MR) is 120 cm³/mol. The number of ketones is 1. The second-order valence-electron chi connectivity index (χ2n) is 7.69. The third-order valence-electron chi connectivity index (χ3n) is 5.64. The third-order valence-corrected chi connectivity index (χ3v) is 6.14. The lowest BCUT2D eigenvalue weighted by atomic mass is 9.75. The van der Waals surface area contributed by atoms with Gasteiger partial charge in [0.15, 0.2) is 5.78 Å². The van der Waals surface area contributed by atoms with Gasteiger partial charge in [0, 0.05) is 40.2 Å². The van der Waals surface area contributed by atoms with Crippen LogP contribution in [-0.4, -0.2) is 18.4 Å². The van der Waals surface area contributed by atoms with Gasteiger partial charge in [0.05, 0.1) is 12.2 Å². The molecule has 0 fully saturated rings. The molecular formula is C25H24BrNO3. The van der Waals surface area contributed by atoms with E-state index in [9.17, 15) is 9.59 Å². The van der Waals surface area contributed by atoms with Gasteiger partial charge in [0.2, 0.25) is 0 Å². The first-order valence-electron chi connectivity index (χ1n) is 10.2. The molecule has 1 heterocycles. The molecule has 4 rings (SSSR count). The van der Waals surface area contributed by atoms with Crippen LogP contribution in [0.15, 0.2) is 81.6 Å². The average Bonchev–Trinajstić information content (AvgIpc) is 2.73. The number of esters is 1. The molecule has 0 saturated carbocycles. The number of carbonyl (C=O) groups excluding carboxylic acids is 2. The number of benzene rings is 2. The maximum absolute atomic E-state index is 13.2. The summed E-state index contributed by atoms with van der Waals surface area (Å²) in [5, 5.41) is 3.33. The number of nitrogens with one attached hydrogen (secondary N) is 1. The number of rotatable bonds is 5. The quantitative estimate of drug-likeness (QED) is 0.616. The van der Waals surface area contributed by atoms with Crippen molar-refractivity contribution >= 4 is 27.7 Å². The van der Waals surface area contributed by atoms with E-state index in [-0.39, 0.29) is 11.8 Å². The Kier molecular flexibility index (Phi) is 6.18. The maximum atomic E-state index is 13.2. The highest BCUT2D eigenvalue weighted by atomic mass is 79.9. The fraction of sp³-hybridized carbons (Fsp3) is 0.280. The lowest BCUT2D eigenvalue weighted by Crippen LogP contribution is -2.34. The summed E-state index contributed by atoms with van der Waals surface area (Å²) < 4.78 is 6.59. The summed E-state index contributed by atoms with van der Waals surface area (Å²) >= 11 is 3.52. The largest absolute Gasteiger partial charge is 0.462 e. The van der Waals surface area contributed by atoms with Crippen molar-refractivity contribution in [1.82, 2.24) is 5.32 Å². The summed E-state index contributed by atoms with van der Waals surface area (Å²) in [6, 6.07) is 17.8. The Morgan fingerprint density at radius 1 is 1.13 bits per heavy atom. The standard InChI is InChI=1S/C25H24BrNO3/c1-16-22(25(29)30-14-13-17-7-3-2-4-8-17)23(18-9-5-10-19(26)15-18)24-20(27-16)11-6-12-21(24)28/h2-5,7-10,15,23,27H,6,11-14H2,1H3. The van der Waals surface area contributed by atoms with E-state index in [0.717, 1.165) is 39.8 Å². The van der Waals surface area contributed by atoms with Crippen molar-refractivity contribution in [2.75, 3.05) is 6.61 Å². The van der Waals surface area contributed by atoms with Gasteiger partial charge in [-0.3, -0.25) is 4.79 Å². The van der Waals surface area contributed by atoms with E-state index in [1.165, 1.54) is 0 Å². The first-order valence-corrected chi connectivity index (χ1v) is 11.0. The van der Waals surface area contributed by atoms with Gasteiger partial charge in [0.1, 0.15) is 0 Å². The highest BCUT2D eigenvalue weighted by Gasteiger charge is 2.39. The Morgan fingerprint density at radius 2 is 1.93 bits per heavy atom. The maximum Gasteiger partial charge on any atom is 0.336 e. The molecule has 2 aromatic carbocycles. The van der Waals surface area contributed by atoms with Crippen LogP contribution in [0.3, 0.4) is 0 Å². The molecule has 1 aliphatic heterocycles. The van der Waals surface area contributed by atoms with Crippen LogP contribution in [-0.2, 0) is 20.7 Å². The first-order chi connectivity index (χ1) is 14.5. The minimum absolute atomic E-state index is 0.107. The highest BCUT2D eigenvalue weighted by Crippen LogP contribution is 2.42. The molecule has 0 bridgehead atoms. The van der Waals surface area contributed by atoms with E-state index in [4.69, 9.17) is 4.74 Å². The number of carbonyl (C=O) groups is 2. The molecule has 2 aromatic rings. The van der Waals surface area contributed by atoms with Crippen molar-refractivity contribution in [2.24, 2.45) is 0 Å². The molecule has 30 heavy (non-hydrogen) atoms. The normalized spacial score (nSPS) is 18.7. The zero-order valence-corrected chi connectivity index (χ0v) is 18.5. The van der Waals surface area contributed by atoms with Crippen molar-refractivity contribution in [2.45, 2.75) is 38.5 Å². The third kappa shape index (κ3) is 4.26. The minimum Gasteiger partial charge on any atom is -0.462 e. The van der Waals surface area contributed by atoms with Gasteiger partial charge < -0.3 is 10.1 Å². The van der Waals surface area contributed by atoms with Gasteiger partial charge >= 0.3 is 5.97 Å². The monoisotopic (exact) mass is 465 g/mol. The zero-order valence-electron chi connectivity index (χ0n) is 16.9. The van der Waals surface area contributed by atoms with Crippen LogP contribution in [0.25, 0.3) is 0 Å². The molecule has 0 radical (unpaired) electrons. The van der Waals surface area contributed by atoms with Crippen molar-refractivity contribution < 1.29 is 14.3 Å². The Bertz CT molecular complexity index is 1040. The van der Waals surface area contributed by atoms with E-state index in [0.29, 0.717) is 30.6 Å². The Labute approximate surface area is 185 Å². The second-order valence-corrected chi connectivity index (χ2v) is 8.61. The SMILES string of the molecule is CC1=C(C(=O)OCCc2ccccc2)C(c2cccc(Br)c2)C2=C(CCCC2=O)N1. The average molecular weight is 466 g/mol. The Hall–Kier alpha value is -2.66. The van der Waals surface area contributed by atoms with Crippen molar-refractivity contribution in [3.8, 4) is 0 Å². The minimum atomic E-state index is -0.407. The number of allylic oxidation sites excluding steroid dienone is 3. The van der Waals surface area contributed by atoms with Crippen LogP contribution in [0.4, 0.5) is 0 Å². The molecule has 1 unspecified atom stereocenters. The molecule has 1 atom stereocenters. The second kappa shape index (κ2) is 9.00. The molecule has 2 aliphatic rings. The topological polar surface area (TPSA) is 55.4 Å². The van der Waals surface area contributed by atoms with E-state index in [2.05, 4.69) is 21.2 Å². The molecule has 1 aliphatic carbocycles. The number of hydrogen-bond donors (Lipinski definition) is 1. The van der Waals surface area contributed by atoms with Gasteiger partial charge in [-0.05, 0) is 43.0 Å². The summed E-state index contributed by atoms with van der Waals surface area (Å²) in [5.74, 6) is -0.669. The van der Waals surface area contributed by atoms with Crippen LogP contribution < -0.4 is 5.32 Å². The fourth-order valence-corrected chi connectivity index (χ4v) is 4.67. The molecular weight excluding hydrogens is 442 g/mol. The summed E-state index contributed by atoms with van der Waals surface area (Å²) in [4.78, 5) is 26.1. The molecule has 154 valence electrons. The fourth-order valence-electron chi connectivity index (χ4n) is 4.26. The van der Waals surface area contributed by atoms with Gasteiger partial charge in [-0.15, -0.1) is 0 Å². The lowest BCUT2D eigenvalue weighted by Gasteiger charge is -2.34. The van der Waals surface area contributed by atoms with E-state index in [1.807, 2.05) is 61.5 Å². The molecule has 0 amide bonds. The summed E-state index contributed by atoms with van der Waals surface area (Å²) in [6.07, 6.45) is 2.82. The molecule has 1 N–H and O–H groups in total. The van der Waals surface area contributed by atoms with Crippen molar-refractivity contribution in [1.29, 1.82) is 0 Å². The van der Waals surface area contributed by atoms with Crippen molar-refractivity contribution in [3.63, 3.8) is 0 Å². The Balaban J connectivity index is 1.64. The summed E-state index contributed by atoms with van der Waals surface area (Å²) in [5.41, 5.74) is 4.97. The summed E-state index contributed by atoms with van der Waals surface area (Å²) in [6.45, 7) is 2.19. The van der Waals surface area contributed by atoms with Crippen LogP contribution in [0, 0.1) is 0 Å². The van der Waals surface area contributed by atoms with E-state index < -0.39 is 5.92 Å². The molecule has 0 spiro atoms. The van der Waals surface area contributed by atoms with Gasteiger partial charge in [-0.25, -0.2) is 4.79 Å². The van der Waals surface area contributed by atoms with Crippen LogP contribution >= 0.6 is 15.9 Å². The van der Waals surface area contributed by atoms with Crippen LogP contribution in [0.5, 0.6) is 0 Å². The molecule has 4 nitrogen and oxygen atoms in total. The molecule has 5 heteroatoms. The first kappa shape index (κ1) is 20.6. The Morgan fingerprint density at radius 3 is 2.70 bits per heavy atom. The van der Waals surface area contributed by atoms with E-state index >= 15 is 0 Å². The summed E-state index contributed by atoms with van der Waals surface area (Å²) in [7, 11) is 0. The smallest absolute Gasteiger partial charge is 0.336 e. The highest BCUT2D eigenvalue weighted by molar-refractivity contribution is 9.10. The number of Topliss-reactive ketones (excluding diaryl/α,β-unsaturated/α-hetero) is 1. The molecule has 0 aromatic heterocycles. The van der Waals surface area contributed by atoms with Crippen LogP contribution in [0.2, 0.25) is 0 Å². The number of hydrogen-bond acceptors (Lipinski definition) is 4. The lowest BCUT2D eigenvalue weighted by molar-refractivity contribution is -0.139. The van der Waals surface area contributed by atoms with Gasteiger partial charge in [0.25, 0.3) is 0 Å². The van der Waals surface area contributed by atoms with Crippen LogP contribution in [0.1, 0.15) is 43.2 Å². The number of ether oxygens (including phenoxy) is 1. The zero-order chi connectivity index (χ0) is 21.1.